The zero-order chi connectivity index (χ0) is 25.9. The molecule has 2 aromatic rings. The van der Waals surface area contributed by atoms with Gasteiger partial charge in [-0.25, -0.2) is 4.68 Å². The molecule has 6 rings (SSSR count). The van der Waals surface area contributed by atoms with Gasteiger partial charge < -0.3 is 24.8 Å². The van der Waals surface area contributed by atoms with Gasteiger partial charge in [-0.2, -0.15) is 0 Å². The summed E-state index contributed by atoms with van der Waals surface area (Å²) in [5.74, 6) is 1.45. The molecule has 3 heterocycles. The van der Waals surface area contributed by atoms with Gasteiger partial charge in [-0.3, -0.25) is 9.59 Å². The number of β-amino-alcohol motifs (C(OH)–C–C–N with tert-alkyl or cyclic N) is 1. The molecule has 2 aliphatic carbocycles. The van der Waals surface area contributed by atoms with Crippen LogP contribution in [0.15, 0.2) is 24.4 Å². The molecular weight excluding hydrogens is 474 g/mol. The maximum Gasteiger partial charge on any atom is 0.248 e. The van der Waals surface area contributed by atoms with Gasteiger partial charge in [-0.05, 0) is 48.8 Å². The lowest BCUT2D eigenvalue weighted by Crippen LogP contribution is -2.51. The number of fused-ring (bicyclic) bond motifs is 1. The summed E-state index contributed by atoms with van der Waals surface area (Å²) in [6.07, 6.45) is 5.46. The first-order valence-electron chi connectivity index (χ1n) is 13.2. The van der Waals surface area contributed by atoms with Crippen molar-refractivity contribution in [3.05, 3.63) is 35.7 Å². The molecule has 198 valence electrons. The SMILES string of the molecule is CC(C)(C)[C@@H](C(=O)N1C[C@H](O)C[C@H]1C(=O)NCC1(c2ccc3c(c2)OCO3)CC1)n1cc(C2CC2)nn1. The van der Waals surface area contributed by atoms with Gasteiger partial charge in [0.1, 0.15) is 12.1 Å². The molecule has 0 unspecified atom stereocenters. The number of hydrogen-bond acceptors (Lipinski definition) is 7. The van der Waals surface area contributed by atoms with Crippen molar-refractivity contribution in [2.75, 3.05) is 19.9 Å². The third kappa shape index (κ3) is 4.56. The van der Waals surface area contributed by atoms with Crippen LogP contribution in [0, 0.1) is 5.41 Å². The molecule has 0 spiro atoms. The number of aromatic nitrogens is 3. The van der Waals surface area contributed by atoms with Crippen molar-refractivity contribution in [3.8, 4) is 11.5 Å². The Morgan fingerprint density at radius 1 is 1.22 bits per heavy atom. The average molecular weight is 510 g/mol. The Kier molecular flexibility index (Phi) is 5.70. The number of likely N-dealkylation sites (tertiary alicyclic amines) is 1. The van der Waals surface area contributed by atoms with E-state index in [9.17, 15) is 14.7 Å². The molecule has 2 aliphatic heterocycles. The minimum absolute atomic E-state index is 0.126. The van der Waals surface area contributed by atoms with Crippen molar-refractivity contribution in [2.45, 2.75) is 82.4 Å². The van der Waals surface area contributed by atoms with E-state index < -0.39 is 23.6 Å². The van der Waals surface area contributed by atoms with Crippen LogP contribution in [0.4, 0.5) is 0 Å². The topological polar surface area (TPSA) is 119 Å². The molecule has 2 N–H and O–H groups in total. The van der Waals surface area contributed by atoms with Crippen LogP contribution >= 0.6 is 0 Å². The van der Waals surface area contributed by atoms with Crippen LogP contribution in [0.5, 0.6) is 11.5 Å². The van der Waals surface area contributed by atoms with Crippen LogP contribution < -0.4 is 14.8 Å². The Bertz CT molecular complexity index is 1210. The molecule has 37 heavy (non-hydrogen) atoms. The molecule has 10 nitrogen and oxygen atoms in total. The number of nitrogens with one attached hydrogen (secondary N) is 1. The fourth-order valence-electron chi connectivity index (χ4n) is 5.65. The van der Waals surface area contributed by atoms with E-state index in [2.05, 4.69) is 15.6 Å². The number of rotatable bonds is 7. The van der Waals surface area contributed by atoms with Crippen LogP contribution in [0.3, 0.4) is 0 Å². The summed E-state index contributed by atoms with van der Waals surface area (Å²) in [6.45, 7) is 6.77. The predicted molar refractivity (Wildman–Crippen MR) is 133 cm³/mol. The van der Waals surface area contributed by atoms with E-state index in [-0.39, 0.29) is 37.0 Å². The maximum atomic E-state index is 13.9. The second-order valence-corrected chi connectivity index (χ2v) is 12.1. The highest BCUT2D eigenvalue weighted by Gasteiger charge is 2.48. The van der Waals surface area contributed by atoms with E-state index in [1.54, 1.807) is 4.68 Å². The number of ether oxygens (including phenoxy) is 2. The van der Waals surface area contributed by atoms with Gasteiger partial charge in [0.25, 0.3) is 0 Å². The lowest BCUT2D eigenvalue weighted by atomic mass is 9.85. The van der Waals surface area contributed by atoms with E-state index in [0.29, 0.717) is 12.5 Å². The summed E-state index contributed by atoms with van der Waals surface area (Å²) in [5.41, 5.74) is 1.42. The van der Waals surface area contributed by atoms with Crippen molar-refractivity contribution >= 4 is 11.8 Å². The first-order valence-corrected chi connectivity index (χ1v) is 13.2. The van der Waals surface area contributed by atoms with Crippen LogP contribution in [-0.2, 0) is 15.0 Å². The number of carbonyl (C=O) groups excluding carboxylic acids is 2. The third-order valence-corrected chi connectivity index (χ3v) is 8.15. The summed E-state index contributed by atoms with van der Waals surface area (Å²) in [6, 6.07) is 4.59. The number of carbonyl (C=O) groups is 2. The molecular formula is C27H35N5O5. The van der Waals surface area contributed by atoms with Gasteiger partial charge in [0.2, 0.25) is 18.6 Å². The largest absolute Gasteiger partial charge is 0.454 e. The Hall–Kier alpha value is -3.14. The Morgan fingerprint density at radius 2 is 1.97 bits per heavy atom. The number of aliphatic hydroxyl groups is 1. The van der Waals surface area contributed by atoms with Gasteiger partial charge in [0, 0.05) is 37.0 Å². The monoisotopic (exact) mass is 509 g/mol. The van der Waals surface area contributed by atoms with Crippen molar-refractivity contribution in [1.29, 1.82) is 0 Å². The van der Waals surface area contributed by atoms with Gasteiger partial charge >= 0.3 is 0 Å². The van der Waals surface area contributed by atoms with E-state index in [1.807, 2.05) is 45.2 Å². The summed E-state index contributed by atoms with van der Waals surface area (Å²) in [4.78, 5) is 28.9. The molecule has 10 heteroatoms. The van der Waals surface area contributed by atoms with E-state index in [4.69, 9.17) is 9.47 Å². The van der Waals surface area contributed by atoms with E-state index in [0.717, 1.165) is 48.4 Å². The van der Waals surface area contributed by atoms with Crippen molar-refractivity contribution < 1.29 is 24.2 Å². The fourth-order valence-corrected chi connectivity index (χ4v) is 5.65. The molecule has 4 aliphatic rings. The summed E-state index contributed by atoms with van der Waals surface area (Å²) in [5, 5.41) is 22.2. The molecule has 2 saturated carbocycles. The Labute approximate surface area is 216 Å². The van der Waals surface area contributed by atoms with Crippen molar-refractivity contribution in [3.63, 3.8) is 0 Å². The highest BCUT2D eigenvalue weighted by Crippen LogP contribution is 2.50. The molecule has 0 bridgehead atoms. The van der Waals surface area contributed by atoms with Gasteiger partial charge in [-0.1, -0.05) is 32.1 Å². The molecule has 1 saturated heterocycles. The maximum absolute atomic E-state index is 13.9. The number of hydrogen-bond donors (Lipinski definition) is 2. The molecule has 1 aromatic carbocycles. The summed E-state index contributed by atoms with van der Waals surface area (Å²) in [7, 11) is 0. The zero-order valence-electron chi connectivity index (χ0n) is 21.6. The first-order chi connectivity index (χ1) is 17.6. The first kappa shape index (κ1) is 24.2. The molecule has 2 amide bonds. The lowest BCUT2D eigenvalue weighted by molar-refractivity contribution is -0.144. The minimum atomic E-state index is -0.748. The molecule has 0 radical (unpaired) electrons. The highest BCUT2D eigenvalue weighted by atomic mass is 16.7. The number of benzene rings is 1. The molecule has 3 atom stereocenters. The van der Waals surface area contributed by atoms with Crippen LogP contribution in [0.25, 0.3) is 0 Å². The van der Waals surface area contributed by atoms with E-state index in [1.165, 1.54) is 4.90 Å². The summed E-state index contributed by atoms with van der Waals surface area (Å²) >= 11 is 0. The lowest BCUT2D eigenvalue weighted by Gasteiger charge is -2.34. The Balaban J connectivity index is 1.17. The van der Waals surface area contributed by atoms with Crippen molar-refractivity contribution in [1.82, 2.24) is 25.2 Å². The number of aliphatic hydroxyl groups excluding tert-OH is 1. The van der Waals surface area contributed by atoms with Crippen LogP contribution in [0.1, 0.15) is 76.1 Å². The van der Waals surface area contributed by atoms with Crippen molar-refractivity contribution in [2.24, 2.45) is 5.41 Å². The molecule has 3 fully saturated rings. The standard InChI is InChI=1S/C27H35N5O5/c1-26(2,3)23(32-13-19(29-30-32)16-4-5-16)25(35)31-12-18(33)11-20(31)24(34)28-14-27(8-9-27)17-6-7-21-22(10-17)37-15-36-21/h6-7,10,13,16,18,20,23,33H,4-5,8-9,11-12,14-15H2,1-3H3,(H,28,34)/t18-,20+,23-/m1/s1. The second kappa shape index (κ2) is 8.72. The minimum Gasteiger partial charge on any atom is -0.454 e. The summed E-state index contributed by atoms with van der Waals surface area (Å²) < 4.78 is 12.6. The molecule has 1 aromatic heterocycles. The third-order valence-electron chi connectivity index (χ3n) is 8.15. The smallest absolute Gasteiger partial charge is 0.248 e. The van der Waals surface area contributed by atoms with Gasteiger partial charge in [-0.15, -0.1) is 5.10 Å². The predicted octanol–water partition coefficient (Wildman–Crippen LogP) is 2.28. The van der Waals surface area contributed by atoms with Gasteiger partial charge in [0.15, 0.2) is 11.5 Å². The average Bonchev–Trinajstić information content (AvgIpc) is 3.70. The second-order valence-electron chi connectivity index (χ2n) is 12.1. The quantitative estimate of drug-likeness (QED) is 0.588. The fraction of sp³-hybridized carbons (Fsp3) is 0.630. The van der Waals surface area contributed by atoms with E-state index >= 15 is 0 Å². The van der Waals surface area contributed by atoms with Crippen LogP contribution in [0.2, 0.25) is 0 Å². The number of nitrogens with zero attached hydrogens (tertiary/aromatic N) is 4. The number of amides is 2. The zero-order valence-corrected chi connectivity index (χ0v) is 21.6. The highest BCUT2D eigenvalue weighted by molar-refractivity contribution is 5.90. The van der Waals surface area contributed by atoms with Crippen LogP contribution in [-0.4, -0.2) is 68.8 Å². The Morgan fingerprint density at radius 3 is 2.68 bits per heavy atom. The van der Waals surface area contributed by atoms with Gasteiger partial charge in [0.05, 0.1) is 11.8 Å². The normalized spacial score (nSPS) is 24.7.